The summed E-state index contributed by atoms with van der Waals surface area (Å²) in [7, 11) is 0. The summed E-state index contributed by atoms with van der Waals surface area (Å²) >= 11 is 0. The molecule has 0 unspecified atom stereocenters. The normalized spacial score (nSPS) is 20.2. The standard InChI is InChI=1S/C16H19NO6/c1-3-20-15(19)13-9-14(22-11(2)18)16(23-17-13)21-10-12-7-5-4-6-8-12/h4-8,14,16H,3,9-10H2,1-2H3/t14-,16+/m0/s1. The molecule has 0 bridgehead atoms. The largest absolute Gasteiger partial charge is 0.461 e. The molecule has 1 aromatic rings. The summed E-state index contributed by atoms with van der Waals surface area (Å²) in [5, 5.41) is 3.73. The van der Waals surface area contributed by atoms with Crippen molar-refractivity contribution in [2.75, 3.05) is 6.61 Å². The van der Waals surface area contributed by atoms with Crippen LogP contribution in [0.15, 0.2) is 35.5 Å². The topological polar surface area (TPSA) is 83.4 Å². The van der Waals surface area contributed by atoms with Crippen LogP contribution in [0.4, 0.5) is 0 Å². The van der Waals surface area contributed by atoms with Gasteiger partial charge in [-0.3, -0.25) is 4.79 Å². The maximum absolute atomic E-state index is 11.7. The molecule has 124 valence electrons. The molecular weight excluding hydrogens is 302 g/mol. The molecule has 0 amide bonds. The van der Waals surface area contributed by atoms with Crippen molar-refractivity contribution in [3.8, 4) is 0 Å². The van der Waals surface area contributed by atoms with Crippen LogP contribution in [0.3, 0.4) is 0 Å². The van der Waals surface area contributed by atoms with Crippen molar-refractivity contribution in [3.05, 3.63) is 35.9 Å². The number of esters is 2. The summed E-state index contributed by atoms with van der Waals surface area (Å²) in [6, 6.07) is 9.48. The molecule has 0 saturated heterocycles. The number of nitrogens with zero attached hydrogens (tertiary/aromatic N) is 1. The molecule has 0 aliphatic carbocycles. The van der Waals surface area contributed by atoms with Crippen LogP contribution in [0.2, 0.25) is 0 Å². The second-order valence-electron chi connectivity index (χ2n) is 4.88. The first-order chi connectivity index (χ1) is 11.1. The van der Waals surface area contributed by atoms with Crippen molar-refractivity contribution in [3.63, 3.8) is 0 Å². The Hall–Kier alpha value is -2.41. The van der Waals surface area contributed by atoms with Gasteiger partial charge in [-0.15, -0.1) is 0 Å². The Morgan fingerprint density at radius 1 is 1.30 bits per heavy atom. The van der Waals surface area contributed by atoms with E-state index in [1.807, 2.05) is 30.3 Å². The Kier molecular flexibility index (Phi) is 6.10. The predicted molar refractivity (Wildman–Crippen MR) is 80.3 cm³/mol. The smallest absolute Gasteiger partial charge is 0.356 e. The van der Waals surface area contributed by atoms with Gasteiger partial charge in [0.1, 0.15) is 0 Å². The molecule has 23 heavy (non-hydrogen) atoms. The molecule has 0 saturated carbocycles. The fourth-order valence-corrected chi connectivity index (χ4v) is 2.04. The van der Waals surface area contributed by atoms with Crippen molar-refractivity contribution < 1.29 is 28.6 Å². The highest BCUT2D eigenvalue weighted by atomic mass is 16.8. The van der Waals surface area contributed by atoms with Crippen LogP contribution in [0, 0.1) is 0 Å². The summed E-state index contributed by atoms with van der Waals surface area (Å²) in [4.78, 5) is 28.1. The molecule has 0 spiro atoms. The van der Waals surface area contributed by atoms with Crippen molar-refractivity contribution in [2.45, 2.75) is 39.3 Å². The summed E-state index contributed by atoms with van der Waals surface area (Å²) in [5.74, 6) is -1.08. The second-order valence-corrected chi connectivity index (χ2v) is 4.88. The Labute approximate surface area is 134 Å². The number of rotatable bonds is 6. The van der Waals surface area contributed by atoms with E-state index in [0.29, 0.717) is 0 Å². The molecule has 0 aromatic heterocycles. The number of hydrogen-bond donors (Lipinski definition) is 0. The van der Waals surface area contributed by atoms with Gasteiger partial charge in [-0.05, 0) is 12.5 Å². The predicted octanol–water partition coefficient (Wildman–Crippen LogP) is 1.80. The maximum atomic E-state index is 11.7. The number of carbonyl (C=O) groups is 2. The minimum absolute atomic E-state index is 0.0673. The van der Waals surface area contributed by atoms with Crippen LogP contribution < -0.4 is 0 Å². The lowest BCUT2D eigenvalue weighted by molar-refractivity contribution is -0.218. The summed E-state index contributed by atoms with van der Waals surface area (Å²) in [6.45, 7) is 3.47. The van der Waals surface area contributed by atoms with E-state index in [9.17, 15) is 9.59 Å². The highest BCUT2D eigenvalue weighted by Gasteiger charge is 2.35. The first-order valence-electron chi connectivity index (χ1n) is 7.32. The van der Waals surface area contributed by atoms with Gasteiger partial charge in [0.15, 0.2) is 11.8 Å². The fourth-order valence-electron chi connectivity index (χ4n) is 2.04. The molecule has 1 aromatic carbocycles. The first-order valence-corrected chi connectivity index (χ1v) is 7.32. The molecule has 7 heteroatoms. The van der Waals surface area contributed by atoms with Gasteiger partial charge in [-0.1, -0.05) is 35.5 Å². The monoisotopic (exact) mass is 321 g/mol. The van der Waals surface area contributed by atoms with E-state index in [4.69, 9.17) is 19.0 Å². The van der Waals surface area contributed by atoms with Crippen LogP contribution in [0.25, 0.3) is 0 Å². The third kappa shape index (κ3) is 5.07. The van der Waals surface area contributed by atoms with Gasteiger partial charge in [-0.2, -0.15) is 0 Å². The van der Waals surface area contributed by atoms with Crippen LogP contribution in [-0.2, 0) is 35.2 Å². The summed E-state index contributed by atoms with van der Waals surface area (Å²) in [5.41, 5.74) is 1.01. The summed E-state index contributed by atoms with van der Waals surface area (Å²) in [6.07, 6.45) is -1.55. The van der Waals surface area contributed by atoms with Crippen molar-refractivity contribution in [1.82, 2.24) is 0 Å². The van der Waals surface area contributed by atoms with Crippen LogP contribution in [0.5, 0.6) is 0 Å². The molecule has 0 radical (unpaired) electrons. The molecule has 1 aliphatic rings. The van der Waals surface area contributed by atoms with Crippen molar-refractivity contribution in [1.29, 1.82) is 0 Å². The fraction of sp³-hybridized carbons (Fsp3) is 0.438. The molecule has 2 atom stereocenters. The van der Waals surface area contributed by atoms with E-state index < -0.39 is 24.3 Å². The SMILES string of the molecule is CCOC(=O)C1=NO[C@@H](OCc2ccccc2)[C@@H](OC(C)=O)C1. The van der Waals surface area contributed by atoms with E-state index in [-0.39, 0.29) is 25.3 Å². The third-order valence-corrected chi connectivity index (χ3v) is 3.05. The number of oxime groups is 1. The van der Waals surface area contributed by atoms with Gasteiger partial charge in [0.05, 0.1) is 13.2 Å². The van der Waals surface area contributed by atoms with E-state index in [1.165, 1.54) is 6.92 Å². The Balaban J connectivity index is 2.01. The van der Waals surface area contributed by atoms with Crippen molar-refractivity contribution >= 4 is 17.7 Å². The molecular formula is C16H19NO6. The van der Waals surface area contributed by atoms with E-state index in [1.54, 1.807) is 6.92 Å². The average molecular weight is 321 g/mol. The lowest BCUT2D eigenvalue weighted by Gasteiger charge is -2.28. The number of carbonyl (C=O) groups excluding carboxylic acids is 2. The van der Waals surface area contributed by atoms with Gasteiger partial charge < -0.3 is 19.0 Å². The minimum atomic E-state index is -0.878. The second kappa shape index (κ2) is 8.28. The lowest BCUT2D eigenvalue weighted by Crippen LogP contribution is -2.41. The Bertz CT molecular complexity index is 571. The Morgan fingerprint density at radius 3 is 2.70 bits per heavy atom. The van der Waals surface area contributed by atoms with Crippen molar-refractivity contribution in [2.24, 2.45) is 5.16 Å². The zero-order valence-electron chi connectivity index (χ0n) is 13.1. The number of ether oxygens (including phenoxy) is 3. The minimum Gasteiger partial charge on any atom is -0.461 e. The van der Waals surface area contributed by atoms with Gasteiger partial charge >= 0.3 is 11.9 Å². The van der Waals surface area contributed by atoms with Crippen LogP contribution in [-0.4, -0.2) is 36.7 Å². The number of hydrogen-bond acceptors (Lipinski definition) is 7. The highest BCUT2D eigenvalue weighted by molar-refractivity contribution is 6.36. The highest BCUT2D eigenvalue weighted by Crippen LogP contribution is 2.19. The van der Waals surface area contributed by atoms with Gasteiger partial charge in [0.25, 0.3) is 6.29 Å². The molecule has 2 rings (SSSR count). The molecule has 7 nitrogen and oxygen atoms in total. The zero-order chi connectivity index (χ0) is 16.7. The van der Waals surface area contributed by atoms with E-state index in [0.717, 1.165) is 5.56 Å². The van der Waals surface area contributed by atoms with Gasteiger partial charge in [-0.25, -0.2) is 4.79 Å². The summed E-state index contributed by atoms with van der Waals surface area (Å²) < 4.78 is 15.7. The molecule has 0 fully saturated rings. The zero-order valence-corrected chi connectivity index (χ0v) is 13.1. The number of benzene rings is 1. The third-order valence-electron chi connectivity index (χ3n) is 3.05. The van der Waals surface area contributed by atoms with Crippen LogP contribution in [0.1, 0.15) is 25.8 Å². The van der Waals surface area contributed by atoms with Crippen LogP contribution >= 0.6 is 0 Å². The molecule has 1 heterocycles. The first kappa shape index (κ1) is 17.0. The maximum Gasteiger partial charge on any atom is 0.356 e. The average Bonchev–Trinajstić information content (AvgIpc) is 2.54. The van der Waals surface area contributed by atoms with Gasteiger partial charge in [0, 0.05) is 13.3 Å². The molecule has 0 N–H and O–H groups in total. The molecule has 1 aliphatic heterocycles. The van der Waals surface area contributed by atoms with E-state index in [2.05, 4.69) is 5.16 Å². The quantitative estimate of drug-likeness (QED) is 0.743. The Morgan fingerprint density at radius 2 is 2.04 bits per heavy atom. The lowest BCUT2D eigenvalue weighted by atomic mass is 10.1. The van der Waals surface area contributed by atoms with E-state index >= 15 is 0 Å². The van der Waals surface area contributed by atoms with Gasteiger partial charge in [0.2, 0.25) is 0 Å².